The molecule has 0 unspecified atom stereocenters. The summed E-state index contributed by atoms with van der Waals surface area (Å²) in [4.78, 5) is 13.5. The minimum absolute atomic E-state index is 0.195. The first-order chi connectivity index (χ1) is 11.2. The van der Waals surface area contributed by atoms with Gasteiger partial charge in [-0.15, -0.1) is 0 Å². The van der Waals surface area contributed by atoms with Gasteiger partial charge in [-0.2, -0.15) is 4.98 Å². The van der Waals surface area contributed by atoms with Crippen LogP contribution in [0.4, 0.5) is 11.8 Å². The molecule has 3 aromatic rings. The maximum atomic E-state index is 5.59. The number of benzene rings is 1. The molecule has 2 N–H and O–H groups in total. The summed E-state index contributed by atoms with van der Waals surface area (Å²) in [7, 11) is 2.15. The monoisotopic (exact) mass is 309 g/mol. The molecule has 2 aromatic heterocycles. The van der Waals surface area contributed by atoms with E-state index in [0.717, 1.165) is 48.6 Å². The molecule has 6 nitrogen and oxygen atoms in total. The highest BCUT2D eigenvalue weighted by Crippen LogP contribution is 2.26. The van der Waals surface area contributed by atoms with Crippen molar-refractivity contribution in [2.75, 3.05) is 43.9 Å². The number of oxazole rings is 1. The Kier molecular flexibility index (Phi) is 3.38. The fourth-order valence-electron chi connectivity index (χ4n) is 2.90. The average molecular weight is 309 g/mol. The van der Waals surface area contributed by atoms with E-state index in [1.54, 1.807) is 0 Å². The van der Waals surface area contributed by atoms with Crippen molar-refractivity contribution in [3.05, 3.63) is 36.5 Å². The molecule has 0 atom stereocenters. The van der Waals surface area contributed by atoms with Gasteiger partial charge in [0.05, 0.1) is 0 Å². The summed E-state index contributed by atoms with van der Waals surface area (Å²) in [5.41, 5.74) is 9.18. The molecule has 0 saturated carbocycles. The van der Waals surface area contributed by atoms with Gasteiger partial charge in [-0.3, -0.25) is 0 Å². The second-order valence-corrected chi connectivity index (χ2v) is 5.93. The van der Waals surface area contributed by atoms with Gasteiger partial charge >= 0.3 is 0 Å². The van der Waals surface area contributed by atoms with E-state index in [9.17, 15) is 0 Å². The molecule has 1 aromatic carbocycles. The Morgan fingerprint density at radius 1 is 1.04 bits per heavy atom. The Labute approximate surface area is 134 Å². The lowest BCUT2D eigenvalue weighted by Crippen LogP contribution is -2.44. The third kappa shape index (κ3) is 2.73. The van der Waals surface area contributed by atoms with Crippen LogP contribution in [-0.2, 0) is 0 Å². The van der Waals surface area contributed by atoms with Crippen molar-refractivity contribution < 1.29 is 4.42 Å². The highest BCUT2D eigenvalue weighted by molar-refractivity contribution is 5.81. The van der Waals surface area contributed by atoms with Crippen LogP contribution in [0, 0.1) is 0 Å². The van der Waals surface area contributed by atoms with Crippen molar-refractivity contribution in [2.24, 2.45) is 0 Å². The van der Waals surface area contributed by atoms with E-state index in [-0.39, 0.29) is 6.01 Å². The molecule has 1 aliphatic rings. The molecule has 1 aliphatic heterocycles. The second kappa shape index (κ2) is 5.55. The fraction of sp³-hybridized carbons (Fsp3) is 0.294. The fourth-order valence-corrected chi connectivity index (χ4v) is 2.90. The van der Waals surface area contributed by atoms with Crippen molar-refractivity contribution in [2.45, 2.75) is 0 Å². The molecule has 6 heteroatoms. The zero-order valence-electron chi connectivity index (χ0n) is 13.1. The van der Waals surface area contributed by atoms with Crippen molar-refractivity contribution in [1.29, 1.82) is 0 Å². The van der Waals surface area contributed by atoms with Gasteiger partial charge in [0.25, 0.3) is 6.01 Å². The highest BCUT2D eigenvalue weighted by atomic mass is 16.4. The first-order valence-corrected chi connectivity index (χ1v) is 7.75. The van der Waals surface area contributed by atoms with Gasteiger partial charge in [-0.1, -0.05) is 6.07 Å². The topological polar surface area (TPSA) is 71.4 Å². The SMILES string of the molecule is CN1CCN(c2ccc(-c3ccc4oc(N)nc4c3)cn2)CC1. The van der Waals surface area contributed by atoms with Gasteiger partial charge < -0.3 is 20.0 Å². The van der Waals surface area contributed by atoms with Crippen LogP contribution >= 0.6 is 0 Å². The quantitative estimate of drug-likeness (QED) is 0.782. The number of fused-ring (bicyclic) bond motifs is 1. The second-order valence-electron chi connectivity index (χ2n) is 5.93. The van der Waals surface area contributed by atoms with Crippen LogP contribution in [0.15, 0.2) is 40.9 Å². The molecule has 118 valence electrons. The number of aromatic nitrogens is 2. The Hall–Kier alpha value is -2.60. The van der Waals surface area contributed by atoms with Gasteiger partial charge in [0, 0.05) is 37.9 Å². The van der Waals surface area contributed by atoms with Crippen LogP contribution in [0.25, 0.3) is 22.2 Å². The normalized spacial score (nSPS) is 16.1. The first kappa shape index (κ1) is 14.0. The molecule has 0 radical (unpaired) electrons. The summed E-state index contributed by atoms with van der Waals surface area (Å²) >= 11 is 0. The van der Waals surface area contributed by atoms with E-state index in [1.807, 2.05) is 24.4 Å². The third-order valence-corrected chi connectivity index (χ3v) is 4.31. The van der Waals surface area contributed by atoms with Crippen molar-refractivity contribution in [1.82, 2.24) is 14.9 Å². The number of nitrogens with zero attached hydrogens (tertiary/aromatic N) is 4. The van der Waals surface area contributed by atoms with Crippen LogP contribution in [-0.4, -0.2) is 48.1 Å². The summed E-state index contributed by atoms with van der Waals surface area (Å²) in [6, 6.07) is 10.2. The van der Waals surface area contributed by atoms with Crippen LogP contribution in [0.3, 0.4) is 0 Å². The van der Waals surface area contributed by atoms with Crippen molar-refractivity contribution >= 4 is 22.9 Å². The molecule has 23 heavy (non-hydrogen) atoms. The molecule has 0 aliphatic carbocycles. The number of rotatable bonds is 2. The molecule has 0 bridgehead atoms. The van der Waals surface area contributed by atoms with E-state index in [1.165, 1.54) is 0 Å². The van der Waals surface area contributed by atoms with Gasteiger partial charge in [0.2, 0.25) is 0 Å². The minimum Gasteiger partial charge on any atom is -0.424 e. The number of anilines is 2. The summed E-state index contributed by atoms with van der Waals surface area (Å²) < 4.78 is 5.31. The van der Waals surface area contributed by atoms with Crippen molar-refractivity contribution in [3.63, 3.8) is 0 Å². The van der Waals surface area contributed by atoms with E-state index in [2.05, 4.69) is 38.9 Å². The Morgan fingerprint density at radius 2 is 1.83 bits per heavy atom. The van der Waals surface area contributed by atoms with Gasteiger partial charge in [0.15, 0.2) is 5.58 Å². The molecule has 3 heterocycles. The van der Waals surface area contributed by atoms with E-state index in [0.29, 0.717) is 5.58 Å². The van der Waals surface area contributed by atoms with Gasteiger partial charge in [-0.05, 0) is 36.9 Å². The predicted molar refractivity (Wildman–Crippen MR) is 91.4 cm³/mol. The lowest BCUT2D eigenvalue weighted by atomic mass is 10.1. The Morgan fingerprint density at radius 3 is 2.57 bits per heavy atom. The largest absolute Gasteiger partial charge is 0.424 e. The Balaban J connectivity index is 1.59. The molecular weight excluding hydrogens is 290 g/mol. The molecule has 4 rings (SSSR count). The van der Waals surface area contributed by atoms with Gasteiger partial charge in [0.1, 0.15) is 11.3 Å². The summed E-state index contributed by atoms with van der Waals surface area (Å²) in [5, 5.41) is 0. The number of nitrogens with two attached hydrogens (primary N) is 1. The third-order valence-electron chi connectivity index (χ3n) is 4.31. The molecule has 1 fully saturated rings. The average Bonchev–Trinajstić information content (AvgIpc) is 2.95. The number of pyridine rings is 1. The van der Waals surface area contributed by atoms with Crippen LogP contribution in [0.1, 0.15) is 0 Å². The van der Waals surface area contributed by atoms with E-state index < -0.39 is 0 Å². The van der Waals surface area contributed by atoms with E-state index in [4.69, 9.17) is 10.2 Å². The zero-order chi connectivity index (χ0) is 15.8. The predicted octanol–water partition coefficient (Wildman–Crippen LogP) is 2.22. The molecule has 0 spiro atoms. The lowest BCUT2D eigenvalue weighted by Gasteiger charge is -2.33. The summed E-state index contributed by atoms with van der Waals surface area (Å²) in [6.07, 6.45) is 1.91. The maximum Gasteiger partial charge on any atom is 0.292 e. The van der Waals surface area contributed by atoms with Crippen LogP contribution in [0.5, 0.6) is 0 Å². The van der Waals surface area contributed by atoms with E-state index >= 15 is 0 Å². The molecule has 0 amide bonds. The Bertz CT molecular complexity index is 819. The first-order valence-electron chi connectivity index (χ1n) is 7.75. The maximum absolute atomic E-state index is 5.59. The van der Waals surface area contributed by atoms with Crippen LogP contribution < -0.4 is 10.6 Å². The summed E-state index contributed by atoms with van der Waals surface area (Å²) in [5.74, 6) is 1.04. The number of nitrogen functional groups attached to an aromatic ring is 1. The molecule has 1 saturated heterocycles. The number of likely N-dealkylation sites (N-methyl/N-ethyl adjacent to an activating group) is 1. The lowest BCUT2D eigenvalue weighted by molar-refractivity contribution is 0.312. The highest BCUT2D eigenvalue weighted by Gasteiger charge is 2.15. The minimum atomic E-state index is 0.195. The number of hydrogen-bond donors (Lipinski definition) is 1. The standard InChI is InChI=1S/C17H19N5O/c1-21-6-8-22(9-7-21)16-5-3-13(11-19-16)12-2-4-15-14(10-12)20-17(18)23-15/h2-5,10-11H,6-9H2,1H3,(H2,18,20). The number of piperazine rings is 1. The summed E-state index contributed by atoms with van der Waals surface area (Å²) in [6.45, 7) is 4.20. The smallest absolute Gasteiger partial charge is 0.292 e. The van der Waals surface area contributed by atoms with Gasteiger partial charge in [-0.25, -0.2) is 4.98 Å². The van der Waals surface area contributed by atoms with Crippen molar-refractivity contribution in [3.8, 4) is 11.1 Å². The molecular formula is C17H19N5O. The zero-order valence-corrected chi connectivity index (χ0v) is 13.1. The number of hydrogen-bond acceptors (Lipinski definition) is 6. The van der Waals surface area contributed by atoms with Crippen LogP contribution in [0.2, 0.25) is 0 Å².